The number of hydrogen-bond donors (Lipinski definition) is 0. The number of rotatable bonds is 9. The molecule has 2 saturated carbocycles. The zero-order valence-corrected chi connectivity index (χ0v) is 18.4. The Morgan fingerprint density at radius 2 is 1.35 bits per heavy atom. The van der Waals surface area contributed by atoms with Crippen LogP contribution in [0.1, 0.15) is 96.8 Å². The second-order valence-electron chi connectivity index (χ2n) is 8.33. The number of alkyl halides is 2. The van der Waals surface area contributed by atoms with Gasteiger partial charge < -0.3 is 0 Å². The van der Waals surface area contributed by atoms with Crippen LogP contribution in [-0.4, -0.2) is 10.2 Å². The molecule has 2 aliphatic rings. The van der Waals surface area contributed by atoms with Gasteiger partial charge in [0.15, 0.2) is 0 Å². The van der Waals surface area contributed by atoms with E-state index in [2.05, 4.69) is 38.8 Å². The molecule has 1 unspecified atom stereocenters. The summed E-state index contributed by atoms with van der Waals surface area (Å²) in [7, 11) is 0. The zero-order valence-electron chi connectivity index (χ0n) is 15.2. The first-order chi connectivity index (χ1) is 11.2. The van der Waals surface area contributed by atoms with Gasteiger partial charge in [-0.2, -0.15) is 0 Å². The summed E-state index contributed by atoms with van der Waals surface area (Å²) in [5.74, 6) is 4.13. The summed E-state index contributed by atoms with van der Waals surface area (Å²) >= 11 is 7.49. The minimum atomic E-state index is 0.701. The molecule has 2 rings (SSSR count). The average molecular weight is 450 g/mol. The SMILES string of the molecule is CCCCCCCC1CCC(C2CCC(C(Br)CBr)CC2)CC1. The Morgan fingerprint density at radius 3 is 1.91 bits per heavy atom. The lowest BCUT2D eigenvalue weighted by molar-refractivity contribution is 0.143. The van der Waals surface area contributed by atoms with Gasteiger partial charge >= 0.3 is 0 Å². The Labute approximate surface area is 162 Å². The van der Waals surface area contributed by atoms with Crippen LogP contribution in [0.5, 0.6) is 0 Å². The first kappa shape index (κ1) is 20.3. The summed E-state index contributed by atoms with van der Waals surface area (Å²) in [6.07, 6.45) is 20.9. The van der Waals surface area contributed by atoms with E-state index in [1.807, 2.05) is 0 Å². The van der Waals surface area contributed by atoms with Crippen molar-refractivity contribution in [2.24, 2.45) is 23.7 Å². The molecule has 0 radical (unpaired) electrons. The smallest absolute Gasteiger partial charge is 0.0271 e. The minimum absolute atomic E-state index is 0.701. The topological polar surface area (TPSA) is 0 Å². The van der Waals surface area contributed by atoms with Gasteiger partial charge in [0.05, 0.1) is 0 Å². The first-order valence-corrected chi connectivity index (χ1v) is 12.5. The van der Waals surface area contributed by atoms with Crippen molar-refractivity contribution in [2.75, 3.05) is 5.33 Å². The predicted octanol–water partition coefficient (Wildman–Crippen LogP) is 8.12. The number of hydrogen-bond acceptors (Lipinski definition) is 0. The van der Waals surface area contributed by atoms with Crippen LogP contribution in [0.2, 0.25) is 0 Å². The monoisotopic (exact) mass is 448 g/mol. The molecule has 0 spiro atoms. The minimum Gasteiger partial charge on any atom is -0.0916 e. The predicted molar refractivity (Wildman–Crippen MR) is 111 cm³/mol. The van der Waals surface area contributed by atoms with Crippen LogP contribution in [-0.2, 0) is 0 Å². The molecule has 2 aliphatic carbocycles. The Kier molecular flexibility index (Phi) is 10.2. The molecule has 2 heteroatoms. The molecule has 0 aromatic carbocycles. The van der Waals surface area contributed by atoms with Gasteiger partial charge in [-0.1, -0.05) is 90.2 Å². The van der Waals surface area contributed by atoms with Crippen LogP contribution < -0.4 is 0 Å². The largest absolute Gasteiger partial charge is 0.0916 e. The van der Waals surface area contributed by atoms with Crippen molar-refractivity contribution in [3.63, 3.8) is 0 Å². The highest BCUT2D eigenvalue weighted by Crippen LogP contribution is 2.43. The summed E-state index contributed by atoms with van der Waals surface area (Å²) in [4.78, 5) is 0.701. The van der Waals surface area contributed by atoms with Crippen molar-refractivity contribution in [1.29, 1.82) is 0 Å². The van der Waals surface area contributed by atoms with Crippen LogP contribution in [0.15, 0.2) is 0 Å². The lowest BCUT2D eigenvalue weighted by Crippen LogP contribution is -2.28. The van der Waals surface area contributed by atoms with E-state index < -0.39 is 0 Å². The molecule has 23 heavy (non-hydrogen) atoms. The van der Waals surface area contributed by atoms with E-state index in [4.69, 9.17) is 0 Å². The van der Waals surface area contributed by atoms with E-state index in [-0.39, 0.29) is 0 Å². The van der Waals surface area contributed by atoms with E-state index in [9.17, 15) is 0 Å². The van der Waals surface area contributed by atoms with Gasteiger partial charge in [0, 0.05) is 10.2 Å². The van der Waals surface area contributed by atoms with Crippen molar-refractivity contribution in [3.05, 3.63) is 0 Å². The summed E-state index contributed by atoms with van der Waals surface area (Å²) in [5, 5.41) is 1.12. The van der Waals surface area contributed by atoms with E-state index in [0.717, 1.165) is 29.0 Å². The molecule has 1 atom stereocenters. The first-order valence-electron chi connectivity index (χ1n) is 10.4. The van der Waals surface area contributed by atoms with Gasteiger partial charge in [-0.15, -0.1) is 0 Å². The van der Waals surface area contributed by atoms with E-state index in [1.54, 1.807) is 25.7 Å². The highest BCUT2D eigenvalue weighted by atomic mass is 79.9. The third-order valence-corrected chi connectivity index (χ3v) is 9.39. The fourth-order valence-electron chi connectivity index (χ4n) is 5.09. The fourth-order valence-corrected chi connectivity index (χ4v) is 6.15. The maximum atomic E-state index is 3.85. The van der Waals surface area contributed by atoms with Crippen molar-refractivity contribution in [2.45, 2.75) is 102 Å². The second kappa shape index (κ2) is 11.6. The molecule has 136 valence electrons. The van der Waals surface area contributed by atoms with Crippen molar-refractivity contribution in [3.8, 4) is 0 Å². The average Bonchev–Trinajstić information content (AvgIpc) is 2.61. The molecule has 0 bridgehead atoms. The molecule has 2 fully saturated rings. The summed E-state index contributed by atoms with van der Waals surface area (Å²) in [6.45, 7) is 2.31. The second-order valence-corrected chi connectivity index (χ2v) is 10.2. The van der Waals surface area contributed by atoms with Gasteiger partial charge in [0.1, 0.15) is 0 Å². The van der Waals surface area contributed by atoms with Gasteiger partial charge in [-0.25, -0.2) is 0 Å². The number of unbranched alkanes of at least 4 members (excludes halogenated alkanes) is 4. The fraction of sp³-hybridized carbons (Fsp3) is 1.00. The molecule has 0 aromatic heterocycles. The Bertz CT molecular complexity index is 288. The van der Waals surface area contributed by atoms with Crippen LogP contribution in [0.25, 0.3) is 0 Å². The molecule has 0 saturated heterocycles. The molecule has 0 amide bonds. The third-order valence-electron chi connectivity index (χ3n) is 6.75. The van der Waals surface area contributed by atoms with Crippen LogP contribution >= 0.6 is 31.9 Å². The molecule has 0 N–H and O–H groups in total. The molecular weight excluding hydrogens is 412 g/mol. The Hall–Kier alpha value is 0.960. The molecule has 0 nitrogen and oxygen atoms in total. The molecule has 0 heterocycles. The van der Waals surface area contributed by atoms with Gasteiger partial charge in [0.2, 0.25) is 0 Å². The Morgan fingerprint density at radius 1 is 0.783 bits per heavy atom. The standard InChI is InChI=1S/C21H38Br2/c1-2-3-4-5-6-7-17-8-10-18(11-9-17)19-12-14-20(15-13-19)21(23)16-22/h17-21H,2-16H2,1H3. The molecule has 0 aliphatic heterocycles. The lowest BCUT2D eigenvalue weighted by Gasteiger charge is -2.38. The van der Waals surface area contributed by atoms with Crippen LogP contribution in [0.4, 0.5) is 0 Å². The normalized spacial score (nSPS) is 33.5. The van der Waals surface area contributed by atoms with Crippen LogP contribution in [0.3, 0.4) is 0 Å². The van der Waals surface area contributed by atoms with Crippen molar-refractivity contribution < 1.29 is 0 Å². The maximum Gasteiger partial charge on any atom is 0.0271 e. The summed E-state index contributed by atoms with van der Waals surface area (Å²) in [6, 6.07) is 0. The van der Waals surface area contributed by atoms with E-state index in [0.29, 0.717) is 4.83 Å². The lowest BCUT2D eigenvalue weighted by atomic mass is 9.68. The molecule has 0 aromatic rings. The zero-order chi connectivity index (χ0) is 16.5. The van der Waals surface area contributed by atoms with Crippen molar-refractivity contribution >= 4 is 31.9 Å². The maximum absolute atomic E-state index is 3.85. The summed E-state index contributed by atoms with van der Waals surface area (Å²) in [5.41, 5.74) is 0. The molecular formula is C21H38Br2. The Balaban J connectivity index is 1.58. The third kappa shape index (κ3) is 7.00. The quantitative estimate of drug-likeness (QED) is 0.246. The van der Waals surface area contributed by atoms with E-state index >= 15 is 0 Å². The van der Waals surface area contributed by atoms with Gasteiger partial charge in [-0.3, -0.25) is 0 Å². The highest BCUT2D eigenvalue weighted by Gasteiger charge is 2.32. The highest BCUT2D eigenvalue weighted by molar-refractivity contribution is 9.12. The van der Waals surface area contributed by atoms with Crippen molar-refractivity contribution in [1.82, 2.24) is 0 Å². The van der Waals surface area contributed by atoms with Gasteiger partial charge in [0.25, 0.3) is 0 Å². The van der Waals surface area contributed by atoms with Gasteiger partial charge in [-0.05, 0) is 62.2 Å². The number of halogens is 2. The van der Waals surface area contributed by atoms with E-state index in [1.165, 1.54) is 64.2 Å². The summed E-state index contributed by atoms with van der Waals surface area (Å²) < 4.78 is 0. The van der Waals surface area contributed by atoms with Crippen LogP contribution in [0, 0.1) is 23.7 Å².